The first-order valence-electron chi connectivity index (χ1n) is 8.18. The second kappa shape index (κ2) is 8.17. The first kappa shape index (κ1) is 16.0. The Hall–Kier alpha value is -1.37. The van der Waals surface area contributed by atoms with E-state index in [1.54, 1.807) is 0 Å². The zero-order chi connectivity index (χ0) is 15.1. The van der Waals surface area contributed by atoms with Crippen LogP contribution in [0, 0.1) is 17.2 Å². The molecule has 1 aliphatic rings. The van der Waals surface area contributed by atoms with Crippen molar-refractivity contribution in [3.63, 3.8) is 0 Å². The van der Waals surface area contributed by atoms with E-state index < -0.39 is 0 Å². The van der Waals surface area contributed by atoms with Crippen LogP contribution < -0.4 is 5.32 Å². The monoisotopic (exact) mass is 285 g/mol. The summed E-state index contributed by atoms with van der Waals surface area (Å²) in [6, 6.07) is 10.8. The summed E-state index contributed by atoms with van der Waals surface area (Å²) in [4.78, 5) is 2.45. The molecule has 2 atom stereocenters. The molecule has 1 aromatic carbocycles. The Morgan fingerprint density at radius 3 is 2.90 bits per heavy atom. The first-order chi connectivity index (χ1) is 10.3. The lowest BCUT2D eigenvalue weighted by Gasteiger charge is -2.33. The van der Waals surface area contributed by atoms with E-state index in [4.69, 9.17) is 0 Å². The Kier molecular flexibility index (Phi) is 6.22. The molecule has 0 amide bonds. The van der Waals surface area contributed by atoms with Crippen LogP contribution >= 0.6 is 0 Å². The molecule has 1 heterocycles. The second-order valence-electron chi connectivity index (χ2n) is 6.08. The molecule has 2 rings (SSSR count). The summed E-state index contributed by atoms with van der Waals surface area (Å²) in [5.74, 6) is 0.582. The number of nitriles is 1. The van der Waals surface area contributed by atoms with Crippen molar-refractivity contribution in [3.05, 3.63) is 35.4 Å². The minimum atomic E-state index is 0.354. The lowest BCUT2D eigenvalue weighted by atomic mass is 9.87. The Morgan fingerprint density at radius 1 is 1.33 bits per heavy atom. The van der Waals surface area contributed by atoms with Gasteiger partial charge in [0, 0.05) is 6.04 Å². The summed E-state index contributed by atoms with van der Waals surface area (Å²) in [6.07, 6.45) is 4.95. The van der Waals surface area contributed by atoms with E-state index in [1.165, 1.54) is 31.2 Å². The van der Waals surface area contributed by atoms with Crippen LogP contribution in [0.5, 0.6) is 0 Å². The molecule has 1 saturated heterocycles. The third kappa shape index (κ3) is 4.06. The van der Waals surface area contributed by atoms with Gasteiger partial charge in [0.15, 0.2) is 0 Å². The molecule has 0 bridgehead atoms. The molecule has 0 radical (unpaired) electrons. The first-order valence-corrected chi connectivity index (χ1v) is 8.18. The summed E-state index contributed by atoms with van der Waals surface area (Å²) in [7, 11) is 2.21. The van der Waals surface area contributed by atoms with Gasteiger partial charge in [0.1, 0.15) is 0 Å². The van der Waals surface area contributed by atoms with Crippen LogP contribution in [0.4, 0.5) is 0 Å². The standard InChI is InChI=1S/C18H27N3/c1-3-11-20-14-16-9-6-7-12-21(2)18(16)17-10-5-4-8-15(17)13-19/h4-5,8,10,16,18,20H,3,6-7,9,11-12,14H2,1-2H3. The van der Waals surface area contributed by atoms with Crippen LogP contribution in [0.3, 0.4) is 0 Å². The van der Waals surface area contributed by atoms with Crippen molar-refractivity contribution in [2.45, 2.75) is 38.6 Å². The summed E-state index contributed by atoms with van der Waals surface area (Å²) in [5.41, 5.74) is 2.03. The molecule has 0 aliphatic carbocycles. The summed E-state index contributed by atoms with van der Waals surface area (Å²) in [5, 5.41) is 13.0. The number of nitrogens with zero attached hydrogens (tertiary/aromatic N) is 2. The predicted molar refractivity (Wildman–Crippen MR) is 87.0 cm³/mol. The van der Waals surface area contributed by atoms with Gasteiger partial charge in [0.05, 0.1) is 11.6 Å². The average Bonchev–Trinajstić information content (AvgIpc) is 2.69. The molecule has 3 heteroatoms. The number of benzene rings is 1. The predicted octanol–water partition coefficient (Wildman–Crippen LogP) is 3.33. The number of hydrogen-bond acceptors (Lipinski definition) is 3. The average molecular weight is 285 g/mol. The highest BCUT2D eigenvalue weighted by Crippen LogP contribution is 2.35. The number of hydrogen-bond donors (Lipinski definition) is 1. The van der Waals surface area contributed by atoms with Gasteiger partial charge in [-0.15, -0.1) is 0 Å². The van der Waals surface area contributed by atoms with Gasteiger partial charge in [-0.3, -0.25) is 4.90 Å². The Balaban J connectivity index is 2.26. The maximum Gasteiger partial charge on any atom is 0.0995 e. The highest BCUT2D eigenvalue weighted by Gasteiger charge is 2.30. The van der Waals surface area contributed by atoms with Gasteiger partial charge in [-0.2, -0.15) is 5.26 Å². The Bertz CT molecular complexity index is 478. The molecular weight excluding hydrogens is 258 g/mol. The number of nitrogens with one attached hydrogen (secondary N) is 1. The van der Waals surface area contributed by atoms with E-state index in [0.717, 1.165) is 25.2 Å². The zero-order valence-corrected chi connectivity index (χ0v) is 13.3. The van der Waals surface area contributed by atoms with Gasteiger partial charge in [0.2, 0.25) is 0 Å². The topological polar surface area (TPSA) is 39.1 Å². The van der Waals surface area contributed by atoms with Gasteiger partial charge in [-0.1, -0.05) is 31.5 Å². The van der Waals surface area contributed by atoms with Crippen molar-refractivity contribution in [3.8, 4) is 6.07 Å². The molecule has 1 aliphatic heterocycles. The molecule has 0 spiro atoms. The molecule has 114 valence electrons. The van der Waals surface area contributed by atoms with Crippen molar-refractivity contribution < 1.29 is 0 Å². The molecule has 21 heavy (non-hydrogen) atoms. The molecule has 0 saturated carbocycles. The maximum absolute atomic E-state index is 9.42. The smallest absolute Gasteiger partial charge is 0.0995 e. The number of rotatable bonds is 5. The van der Waals surface area contributed by atoms with E-state index in [0.29, 0.717) is 12.0 Å². The van der Waals surface area contributed by atoms with Crippen LogP contribution in [0.1, 0.15) is 49.8 Å². The molecule has 1 aromatic rings. The second-order valence-corrected chi connectivity index (χ2v) is 6.08. The molecule has 3 nitrogen and oxygen atoms in total. The van der Waals surface area contributed by atoms with Gasteiger partial charge >= 0.3 is 0 Å². The fourth-order valence-electron chi connectivity index (χ4n) is 3.45. The van der Waals surface area contributed by atoms with Crippen molar-refractivity contribution in [2.75, 3.05) is 26.7 Å². The highest BCUT2D eigenvalue weighted by atomic mass is 15.1. The zero-order valence-electron chi connectivity index (χ0n) is 13.3. The minimum Gasteiger partial charge on any atom is -0.316 e. The fraction of sp³-hybridized carbons (Fsp3) is 0.611. The summed E-state index contributed by atoms with van der Waals surface area (Å²) >= 11 is 0. The van der Waals surface area contributed by atoms with Crippen molar-refractivity contribution in [2.24, 2.45) is 5.92 Å². The molecular formula is C18H27N3. The van der Waals surface area contributed by atoms with E-state index >= 15 is 0 Å². The molecule has 2 unspecified atom stereocenters. The number of likely N-dealkylation sites (tertiary alicyclic amines) is 1. The van der Waals surface area contributed by atoms with E-state index in [1.807, 2.05) is 12.1 Å². The maximum atomic E-state index is 9.42. The lowest BCUT2D eigenvalue weighted by Crippen LogP contribution is -2.35. The van der Waals surface area contributed by atoms with Crippen molar-refractivity contribution in [1.29, 1.82) is 5.26 Å². The van der Waals surface area contributed by atoms with Crippen LogP contribution in [-0.4, -0.2) is 31.6 Å². The van der Waals surface area contributed by atoms with Crippen LogP contribution in [0.15, 0.2) is 24.3 Å². The van der Waals surface area contributed by atoms with Crippen LogP contribution in [0.25, 0.3) is 0 Å². The molecule has 0 aromatic heterocycles. The van der Waals surface area contributed by atoms with E-state index in [-0.39, 0.29) is 0 Å². The van der Waals surface area contributed by atoms with Crippen molar-refractivity contribution >= 4 is 0 Å². The van der Waals surface area contributed by atoms with Crippen LogP contribution in [-0.2, 0) is 0 Å². The Labute approximate surface area is 129 Å². The summed E-state index contributed by atoms with van der Waals surface area (Å²) in [6.45, 7) is 5.44. The van der Waals surface area contributed by atoms with E-state index in [9.17, 15) is 5.26 Å². The minimum absolute atomic E-state index is 0.354. The van der Waals surface area contributed by atoms with Gasteiger partial charge in [0.25, 0.3) is 0 Å². The fourth-order valence-corrected chi connectivity index (χ4v) is 3.45. The highest BCUT2D eigenvalue weighted by molar-refractivity contribution is 5.39. The Morgan fingerprint density at radius 2 is 2.14 bits per heavy atom. The quantitative estimate of drug-likeness (QED) is 0.843. The van der Waals surface area contributed by atoms with Gasteiger partial charge < -0.3 is 5.32 Å². The summed E-state index contributed by atoms with van der Waals surface area (Å²) < 4.78 is 0. The molecule has 1 fully saturated rings. The van der Waals surface area contributed by atoms with E-state index in [2.05, 4.69) is 42.4 Å². The van der Waals surface area contributed by atoms with Gasteiger partial charge in [-0.25, -0.2) is 0 Å². The largest absolute Gasteiger partial charge is 0.316 e. The molecule has 1 N–H and O–H groups in total. The SMILES string of the molecule is CCCNCC1CCCCN(C)C1c1ccccc1C#N. The van der Waals surface area contributed by atoms with Crippen LogP contribution in [0.2, 0.25) is 0 Å². The lowest BCUT2D eigenvalue weighted by molar-refractivity contribution is 0.189. The third-order valence-electron chi connectivity index (χ3n) is 4.49. The van der Waals surface area contributed by atoms with Crippen molar-refractivity contribution in [1.82, 2.24) is 10.2 Å². The normalized spacial score (nSPS) is 23.5. The van der Waals surface area contributed by atoms with Gasteiger partial charge in [-0.05, 0) is 63.5 Å². The third-order valence-corrected chi connectivity index (χ3v) is 4.49.